The van der Waals surface area contributed by atoms with Crippen molar-refractivity contribution in [1.29, 1.82) is 0 Å². The minimum absolute atomic E-state index is 0.106. The molecule has 1 aliphatic rings. The quantitative estimate of drug-likeness (QED) is 0.825. The number of carbonyl (C=O) groups excluding carboxylic acids is 1. The van der Waals surface area contributed by atoms with E-state index in [-0.39, 0.29) is 12.5 Å². The summed E-state index contributed by atoms with van der Waals surface area (Å²) in [5.41, 5.74) is 4.19. The molecule has 0 saturated heterocycles. The zero-order valence-corrected chi connectivity index (χ0v) is 11.1. The first kappa shape index (κ1) is 12.0. The molecule has 0 bridgehead atoms. The van der Waals surface area contributed by atoms with E-state index in [4.69, 9.17) is 11.6 Å². The van der Waals surface area contributed by atoms with Crippen molar-refractivity contribution in [3.05, 3.63) is 52.3 Å². The van der Waals surface area contributed by atoms with Gasteiger partial charge in [0.05, 0.1) is 11.4 Å². The number of amides is 1. The first-order valence-electron chi connectivity index (χ1n) is 5.94. The maximum Gasteiger partial charge on any atom is 0.246 e. The summed E-state index contributed by atoms with van der Waals surface area (Å²) < 4.78 is 0. The Kier molecular flexibility index (Phi) is 2.87. The minimum atomic E-state index is -0.123. The molecule has 0 atom stereocenters. The number of aliphatic imine (C=N–C) groups is 1. The van der Waals surface area contributed by atoms with Crippen LogP contribution in [0.2, 0.25) is 5.02 Å². The Morgan fingerprint density at radius 3 is 2.89 bits per heavy atom. The van der Waals surface area contributed by atoms with Crippen molar-refractivity contribution >= 4 is 28.9 Å². The number of aromatic amines is 1. The van der Waals surface area contributed by atoms with Crippen molar-refractivity contribution in [2.75, 3.05) is 11.9 Å². The lowest BCUT2D eigenvalue weighted by Gasteiger charge is -2.08. The van der Waals surface area contributed by atoms with E-state index < -0.39 is 0 Å². The van der Waals surface area contributed by atoms with Crippen LogP contribution >= 0.6 is 11.6 Å². The van der Waals surface area contributed by atoms with Gasteiger partial charge in [-0.2, -0.15) is 0 Å². The van der Waals surface area contributed by atoms with Crippen molar-refractivity contribution in [3.63, 3.8) is 0 Å². The number of carbonyl (C=O) groups is 1. The molecule has 0 unspecified atom stereocenters. The Morgan fingerprint density at radius 1 is 1.32 bits per heavy atom. The maximum atomic E-state index is 11.7. The van der Waals surface area contributed by atoms with Gasteiger partial charge in [0.15, 0.2) is 0 Å². The van der Waals surface area contributed by atoms with Crippen LogP contribution in [0.1, 0.15) is 16.8 Å². The average Bonchev–Trinajstić information content (AvgIpc) is 2.65. The van der Waals surface area contributed by atoms with Crippen molar-refractivity contribution < 1.29 is 4.79 Å². The molecule has 1 aromatic carbocycles. The summed E-state index contributed by atoms with van der Waals surface area (Å²) in [5, 5.41) is 3.46. The number of fused-ring (bicyclic) bond motifs is 1. The molecule has 0 aliphatic carbocycles. The van der Waals surface area contributed by atoms with Crippen molar-refractivity contribution in [1.82, 2.24) is 4.98 Å². The lowest BCUT2D eigenvalue weighted by atomic mass is 10.0. The number of nitrogens with one attached hydrogen (secondary N) is 2. The van der Waals surface area contributed by atoms with E-state index >= 15 is 0 Å². The second-order valence-electron chi connectivity index (χ2n) is 4.40. The molecule has 0 saturated carbocycles. The number of aromatic nitrogens is 1. The lowest BCUT2D eigenvalue weighted by molar-refractivity contribution is -0.114. The highest BCUT2D eigenvalue weighted by Crippen LogP contribution is 2.28. The number of aryl methyl sites for hydroxylation is 1. The molecule has 4 nitrogen and oxygen atoms in total. The first-order chi connectivity index (χ1) is 9.16. The number of H-pyrrole nitrogens is 1. The predicted molar refractivity (Wildman–Crippen MR) is 76.1 cm³/mol. The van der Waals surface area contributed by atoms with Gasteiger partial charge in [0.25, 0.3) is 0 Å². The molecule has 2 heterocycles. The molecule has 0 radical (unpaired) electrons. The van der Waals surface area contributed by atoms with Crippen LogP contribution in [0.15, 0.2) is 35.5 Å². The highest BCUT2D eigenvalue weighted by molar-refractivity contribution is 6.36. The number of benzene rings is 1. The predicted octanol–water partition coefficient (Wildman–Crippen LogP) is 2.77. The summed E-state index contributed by atoms with van der Waals surface area (Å²) in [4.78, 5) is 19.2. The molecule has 3 rings (SSSR count). The largest absolute Gasteiger partial charge is 0.363 e. The Morgan fingerprint density at radius 2 is 2.11 bits per heavy atom. The fraction of sp³-hybridized carbons (Fsp3) is 0.143. The average molecular weight is 274 g/mol. The molecule has 0 spiro atoms. The summed E-state index contributed by atoms with van der Waals surface area (Å²) in [7, 11) is 0. The molecular weight excluding hydrogens is 262 g/mol. The van der Waals surface area contributed by atoms with Crippen molar-refractivity contribution in [2.45, 2.75) is 6.92 Å². The Balaban J connectivity index is 2.23. The fourth-order valence-electron chi connectivity index (χ4n) is 2.22. The summed E-state index contributed by atoms with van der Waals surface area (Å²) in [6.07, 6.45) is 1.78. The van der Waals surface area contributed by atoms with Gasteiger partial charge < -0.3 is 10.3 Å². The van der Waals surface area contributed by atoms with E-state index in [1.807, 2.05) is 31.2 Å². The number of hydrogen-bond donors (Lipinski definition) is 2. The summed E-state index contributed by atoms with van der Waals surface area (Å²) in [6, 6.07) is 7.51. The molecule has 96 valence electrons. The van der Waals surface area contributed by atoms with Gasteiger partial charge in [0.2, 0.25) is 5.91 Å². The van der Waals surface area contributed by atoms with Crippen LogP contribution in [-0.4, -0.2) is 23.1 Å². The number of anilines is 1. The van der Waals surface area contributed by atoms with Gasteiger partial charge in [0.1, 0.15) is 6.54 Å². The molecular formula is C14H12ClN3O. The van der Waals surface area contributed by atoms with Crippen molar-refractivity contribution in [2.24, 2.45) is 4.99 Å². The van der Waals surface area contributed by atoms with Crippen LogP contribution in [-0.2, 0) is 4.79 Å². The second-order valence-corrected chi connectivity index (χ2v) is 4.80. The van der Waals surface area contributed by atoms with E-state index in [2.05, 4.69) is 15.3 Å². The fourth-order valence-corrected chi connectivity index (χ4v) is 2.45. The molecule has 5 heteroatoms. The molecule has 1 aromatic heterocycles. The lowest BCUT2D eigenvalue weighted by Crippen LogP contribution is -2.12. The third-order valence-electron chi connectivity index (χ3n) is 3.10. The molecule has 1 amide bonds. The van der Waals surface area contributed by atoms with Gasteiger partial charge >= 0.3 is 0 Å². The van der Waals surface area contributed by atoms with Crippen LogP contribution in [0, 0.1) is 6.92 Å². The smallest absolute Gasteiger partial charge is 0.246 e. The number of nitrogens with zero attached hydrogens (tertiary/aromatic N) is 1. The third kappa shape index (κ3) is 2.04. The number of halogens is 1. The standard InChI is InChI=1S/C14H12ClN3O/c1-8-13-11(6-16-8)18-12(19)7-17-14(13)9-4-2-3-5-10(9)15/h2-6,16H,7H2,1H3,(H,18,19). The van der Waals surface area contributed by atoms with Crippen LogP contribution in [0.25, 0.3) is 0 Å². The Hall–Kier alpha value is -2.07. The summed E-state index contributed by atoms with van der Waals surface area (Å²) in [5.74, 6) is -0.123. The van der Waals surface area contributed by atoms with Crippen molar-refractivity contribution in [3.8, 4) is 0 Å². The van der Waals surface area contributed by atoms with Gasteiger partial charge in [-0.05, 0) is 13.0 Å². The Labute approximate surface area is 115 Å². The van der Waals surface area contributed by atoms with Gasteiger partial charge in [0, 0.05) is 28.0 Å². The van der Waals surface area contributed by atoms with E-state index in [1.54, 1.807) is 6.20 Å². The highest BCUT2D eigenvalue weighted by atomic mass is 35.5. The summed E-state index contributed by atoms with van der Waals surface area (Å²) >= 11 is 6.24. The monoisotopic (exact) mass is 273 g/mol. The Bertz CT molecular complexity index is 688. The van der Waals surface area contributed by atoms with E-state index in [9.17, 15) is 4.79 Å². The van der Waals surface area contributed by atoms with Gasteiger partial charge in [-0.3, -0.25) is 9.79 Å². The number of hydrogen-bond acceptors (Lipinski definition) is 2. The van der Waals surface area contributed by atoms with Gasteiger partial charge in [-0.15, -0.1) is 0 Å². The molecule has 0 fully saturated rings. The van der Waals surface area contributed by atoms with E-state index in [0.29, 0.717) is 5.02 Å². The molecule has 1 aliphatic heterocycles. The normalized spacial score (nSPS) is 14.4. The maximum absolute atomic E-state index is 11.7. The van der Waals surface area contributed by atoms with Gasteiger partial charge in [-0.25, -0.2) is 0 Å². The highest BCUT2D eigenvalue weighted by Gasteiger charge is 2.22. The van der Waals surface area contributed by atoms with E-state index in [1.165, 1.54) is 0 Å². The summed E-state index contributed by atoms with van der Waals surface area (Å²) in [6.45, 7) is 2.05. The topological polar surface area (TPSA) is 57.2 Å². The van der Waals surface area contributed by atoms with Gasteiger partial charge in [-0.1, -0.05) is 29.8 Å². The van der Waals surface area contributed by atoms with E-state index in [0.717, 1.165) is 28.2 Å². The first-order valence-corrected chi connectivity index (χ1v) is 6.32. The SMILES string of the molecule is Cc1[nH]cc2c1C(c1ccccc1Cl)=NCC(=O)N2. The van der Waals surface area contributed by atoms with Crippen LogP contribution < -0.4 is 5.32 Å². The molecule has 2 N–H and O–H groups in total. The van der Waals surface area contributed by atoms with Crippen LogP contribution in [0.4, 0.5) is 5.69 Å². The molecule has 19 heavy (non-hydrogen) atoms. The van der Waals surface area contributed by atoms with Crippen LogP contribution in [0.3, 0.4) is 0 Å². The zero-order chi connectivity index (χ0) is 13.4. The minimum Gasteiger partial charge on any atom is -0.363 e. The third-order valence-corrected chi connectivity index (χ3v) is 3.43. The second kappa shape index (κ2) is 4.55. The molecule has 2 aromatic rings. The number of rotatable bonds is 1. The zero-order valence-electron chi connectivity index (χ0n) is 10.3. The van der Waals surface area contributed by atoms with Crippen LogP contribution in [0.5, 0.6) is 0 Å².